The van der Waals surface area contributed by atoms with Gasteiger partial charge in [-0.3, -0.25) is 0 Å². The van der Waals surface area contributed by atoms with Gasteiger partial charge in [0.15, 0.2) is 5.06 Å². The summed E-state index contributed by atoms with van der Waals surface area (Å²) >= 11 is 1.31. The van der Waals surface area contributed by atoms with Crippen LogP contribution in [-0.4, -0.2) is 24.2 Å². The van der Waals surface area contributed by atoms with Crippen LogP contribution in [0.1, 0.15) is 12.6 Å². The van der Waals surface area contributed by atoms with E-state index in [1.54, 1.807) is 31.2 Å². The first kappa shape index (κ1) is 17.3. The summed E-state index contributed by atoms with van der Waals surface area (Å²) in [5.41, 5.74) is 1.23. The number of hydrogen-bond donors (Lipinski definition) is 0. The van der Waals surface area contributed by atoms with E-state index in [0.29, 0.717) is 27.0 Å². The molecule has 0 unspecified atom stereocenters. The van der Waals surface area contributed by atoms with Gasteiger partial charge < -0.3 is 9.47 Å². The summed E-state index contributed by atoms with van der Waals surface area (Å²) in [5.74, 6) is -0.435. The van der Waals surface area contributed by atoms with Crippen molar-refractivity contribution in [2.45, 2.75) is 6.92 Å². The zero-order valence-corrected chi connectivity index (χ0v) is 13.7. The number of pyridine rings is 1. The standard InChI is InChI=1S/C16H14N4O3S/c1-11(2)16(21)23-8-7-22-15-6-5-14(24-15)20-19-13-4-3-12(9-17)18-10-13/h3-6,10H,1,7-8H2,2H3/b20-19+. The second kappa shape index (κ2) is 8.55. The Morgan fingerprint density at radius 1 is 1.33 bits per heavy atom. The van der Waals surface area contributed by atoms with Crippen LogP contribution in [0.15, 0.2) is 52.8 Å². The van der Waals surface area contributed by atoms with Crippen molar-refractivity contribution in [2.24, 2.45) is 10.2 Å². The highest BCUT2D eigenvalue weighted by Gasteiger charge is 2.04. The van der Waals surface area contributed by atoms with Crippen molar-refractivity contribution in [1.82, 2.24) is 4.98 Å². The largest absolute Gasteiger partial charge is 0.480 e. The summed E-state index contributed by atoms with van der Waals surface area (Å²) in [6.45, 7) is 5.48. The second-order valence-corrected chi connectivity index (χ2v) is 5.60. The van der Waals surface area contributed by atoms with Crippen molar-refractivity contribution in [2.75, 3.05) is 13.2 Å². The van der Waals surface area contributed by atoms with E-state index in [1.807, 2.05) is 6.07 Å². The molecule has 0 aliphatic rings. The molecule has 0 aliphatic carbocycles. The van der Waals surface area contributed by atoms with E-state index in [0.717, 1.165) is 0 Å². The molecule has 0 amide bonds. The van der Waals surface area contributed by atoms with Gasteiger partial charge in [-0.1, -0.05) is 17.9 Å². The smallest absolute Gasteiger partial charge is 0.333 e. The van der Waals surface area contributed by atoms with E-state index in [2.05, 4.69) is 21.8 Å². The van der Waals surface area contributed by atoms with E-state index >= 15 is 0 Å². The Labute approximate surface area is 142 Å². The second-order valence-electron chi connectivity index (χ2n) is 4.57. The number of thiophene rings is 1. The monoisotopic (exact) mass is 342 g/mol. The van der Waals surface area contributed by atoms with Crippen molar-refractivity contribution in [1.29, 1.82) is 5.26 Å². The third kappa shape index (κ3) is 5.30. The van der Waals surface area contributed by atoms with Gasteiger partial charge in [-0.25, -0.2) is 9.78 Å². The van der Waals surface area contributed by atoms with Gasteiger partial charge in [0.2, 0.25) is 0 Å². The Bertz CT molecular complexity index is 790. The first-order chi connectivity index (χ1) is 11.6. The zero-order chi connectivity index (χ0) is 17.4. The Morgan fingerprint density at radius 2 is 2.17 bits per heavy atom. The molecular formula is C16H14N4O3S. The number of esters is 1. The number of carbonyl (C=O) groups is 1. The summed E-state index contributed by atoms with van der Waals surface area (Å²) in [4.78, 5) is 15.1. The van der Waals surface area contributed by atoms with Crippen LogP contribution in [-0.2, 0) is 9.53 Å². The van der Waals surface area contributed by atoms with Crippen molar-refractivity contribution in [3.05, 3.63) is 48.3 Å². The molecular weight excluding hydrogens is 328 g/mol. The summed E-state index contributed by atoms with van der Waals surface area (Å²) in [5, 5.41) is 18.1. The van der Waals surface area contributed by atoms with Gasteiger partial charge in [-0.15, -0.1) is 10.2 Å². The maximum absolute atomic E-state index is 11.2. The lowest BCUT2D eigenvalue weighted by Crippen LogP contribution is -2.11. The first-order valence-corrected chi connectivity index (χ1v) is 7.73. The summed E-state index contributed by atoms with van der Waals surface area (Å²) in [6, 6.07) is 8.70. The molecule has 24 heavy (non-hydrogen) atoms. The van der Waals surface area contributed by atoms with Gasteiger partial charge in [-0.05, 0) is 31.2 Å². The fourth-order valence-corrected chi connectivity index (χ4v) is 2.16. The molecule has 2 aromatic rings. The maximum atomic E-state index is 11.2. The third-order valence-corrected chi connectivity index (χ3v) is 3.48. The van der Waals surface area contributed by atoms with E-state index in [1.165, 1.54) is 17.5 Å². The number of rotatable bonds is 7. The molecule has 0 N–H and O–H groups in total. The number of aromatic nitrogens is 1. The predicted octanol–water partition coefficient (Wildman–Crippen LogP) is 3.93. The summed E-state index contributed by atoms with van der Waals surface area (Å²) in [6.07, 6.45) is 1.48. The lowest BCUT2D eigenvalue weighted by molar-refractivity contribution is -0.139. The highest BCUT2D eigenvalue weighted by atomic mass is 32.1. The lowest BCUT2D eigenvalue weighted by atomic mass is 10.3. The lowest BCUT2D eigenvalue weighted by Gasteiger charge is -2.04. The third-order valence-electron chi connectivity index (χ3n) is 2.60. The molecule has 0 saturated carbocycles. The minimum Gasteiger partial charge on any atom is -0.480 e. The van der Waals surface area contributed by atoms with Crippen LogP contribution in [0.3, 0.4) is 0 Å². The van der Waals surface area contributed by atoms with Crippen LogP contribution in [0.2, 0.25) is 0 Å². The van der Waals surface area contributed by atoms with Crippen LogP contribution in [0.5, 0.6) is 5.06 Å². The molecule has 0 aromatic carbocycles. The molecule has 0 fully saturated rings. The van der Waals surface area contributed by atoms with E-state index in [9.17, 15) is 4.79 Å². The maximum Gasteiger partial charge on any atom is 0.333 e. The Kier molecular flexibility index (Phi) is 6.16. The molecule has 2 aromatic heterocycles. The molecule has 0 atom stereocenters. The van der Waals surface area contributed by atoms with Crippen LogP contribution >= 0.6 is 11.3 Å². The van der Waals surface area contributed by atoms with Gasteiger partial charge in [0.05, 0.1) is 6.20 Å². The first-order valence-electron chi connectivity index (χ1n) is 6.91. The topological polar surface area (TPSA) is 96.9 Å². The number of hydrogen-bond acceptors (Lipinski definition) is 8. The molecule has 122 valence electrons. The molecule has 2 rings (SSSR count). The number of ether oxygens (including phenoxy) is 2. The van der Waals surface area contributed by atoms with Gasteiger partial charge in [0.1, 0.15) is 35.7 Å². The van der Waals surface area contributed by atoms with Gasteiger partial charge in [0.25, 0.3) is 0 Å². The highest BCUT2D eigenvalue weighted by molar-refractivity contribution is 7.17. The molecule has 2 heterocycles. The van der Waals surface area contributed by atoms with Gasteiger partial charge >= 0.3 is 5.97 Å². The minimum atomic E-state index is -0.435. The van der Waals surface area contributed by atoms with Crippen molar-refractivity contribution >= 4 is 28.0 Å². The van der Waals surface area contributed by atoms with Gasteiger partial charge in [-0.2, -0.15) is 5.26 Å². The average Bonchev–Trinajstić information content (AvgIpc) is 3.05. The Balaban J connectivity index is 1.82. The van der Waals surface area contributed by atoms with Crippen LogP contribution in [0.25, 0.3) is 0 Å². The number of azo groups is 1. The number of nitriles is 1. The molecule has 7 nitrogen and oxygen atoms in total. The highest BCUT2D eigenvalue weighted by Crippen LogP contribution is 2.32. The Hall–Kier alpha value is -3.05. The summed E-state index contributed by atoms with van der Waals surface area (Å²) < 4.78 is 10.4. The van der Waals surface area contributed by atoms with E-state index < -0.39 is 5.97 Å². The van der Waals surface area contributed by atoms with Gasteiger partial charge in [0, 0.05) is 5.57 Å². The predicted molar refractivity (Wildman–Crippen MR) is 88.7 cm³/mol. The average molecular weight is 342 g/mol. The zero-order valence-electron chi connectivity index (χ0n) is 12.9. The quantitative estimate of drug-likeness (QED) is 0.329. The molecule has 8 heteroatoms. The SMILES string of the molecule is C=C(C)C(=O)OCCOc1ccc(/N=N/c2ccc(C#N)nc2)s1. The fraction of sp³-hybridized carbons (Fsp3) is 0.188. The normalized spacial score (nSPS) is 10.3. The molecule has 0 bridgehead atoms. The number of nitrogens with zero attached hydrogens (tertiary/aromatic N) is 4. The summed E-state index contributed by atoms with van der Waals surface area (Å²) in [7, 11) is 0. The van der Waals surface area contributed by atoms with Crippen LogP contribution in [0.4, 0.5) is 10.7 Å². The van der Waals surface area contributed by atoms with Crippen molar-refractivity contribution in [3.63, 3.8) is 0 Å². The molecule has 0 spiro atoms. The van der Waals surface area contributed by atoms with Crippen LogP contribution < -0.4 is 4.74 Å². The van der Waals surface area contributed by atoms with Crippen molar-refractivity contribution in [3.8, 4) is 11.1 Å². The van der Waals surface area contributed by atoms with E-state index in [4.69, 9.17) is 14.7 Å². The van der Waals surface area contributed by atoms with Crippen molar-refractivity contribution < 1.29 is 14.3 Å². The van der Waals surface area contributed by atoms with Crippen LogP contribution in [0, 0.1) is 11.3 Å². The minimum absolute atomic E-state index is 0.150. The van der Waals surface area contributed by atoms with E-state index in [-0.39, 0.29) is 13.2 Å². The Morgan fingerprint density at radius 3 is 2.83 bits per heavy atom. The number of carbonyl (C=O) groups excluding carboxylic acids is 1. The molecule has 0 aliphatic heterocycles. The molecule has 0 radical (unpaired) electrons. The molecule has 0 saturated heterocycles. The fourth-order valence-electron chi connectivity index (χ4n) is 1.46.